The molecule has 5 N–H and O–H groups in total. The highest BCUT2D eigenvalue weighted by molar-refractivity contribution is 5.88. The van der Waals surface area contributed by atoms with Gasteiger partial charge in [0.15, 0.2) is 0 Å². The minimum atomic E-state index is -4.34. The second kappa shape index (κ2) is 18.7. The molecule has 3 rings (SSSR count). The molecular weight excluding hydrogens is 487 g/mol. The van der Waals surface area contributed by atoms with E-state index in [0.29, 0.717) is 5.69 Å². The van der Waals surface area contributed by atoms with Gasteiger partial charge >= 0.3 is 12.1 Å². The molecule has 0 heterocycles. The van der Waals surface area contributed by atoms with E-state index in [1.54, 1.807) is 12.1 Å². The molecule has 1 aliphatic rings. The van der Waals surface area contributed by atoms with E-state index in [2.05, 4.69) is 39.5 Å². The van der Waals surface area contributed by atoms with Crippen molar-refractivity contribution in [2.45, 2.75) is 45.3 Å². The predicted molar refractivity (Wildman–Crippen MR) is 145 cm³/mol. The van der Waals surface area contributed by atoms with E-state index in [9.17, 15) is 18.0 Å². The fourth-order valence-electron chi connectivity index (χ4n) is 2.70. The molecule has 1 saturated carbocycles. The van der Waals surface area contributed by atoms with Crippen LogP contribution in [0.5, 0.6) is 0 Å². The first-order valence-corrected chi connectivity index (χ1v) is 11.3. The number of aryl methyl sites for hydroxylation is 1. The first-order chi connectivity index (χ1) is 17.6. The van der Waals surface area contributed by atoms with E-state index < -0.39 is 18.7 Å². The van der Waals surface area contributed by atoms with Crippen LogP contribution < -0.4 is 11.1 Å². The Labute approximate surface area is 216 Å². The Hall–Kier alpha value is -3.57. The normalized spacial score (nSPS) is 12.8. The molecule has 2 aromatic carbocycles. The lowest BCUT2D eigenvalue weighted by molar-refractivity contribution is -0.118. The molecule has 8 nitrogen and oxygen atoms in total. The SMILES string of the molecule is C=NC(=NCC(F)(F)F)NC1(c2ccc(C)cc2)CC1.C=Nc1ccc(C(=O)O)cc1.CC.CN.CO. The summed E-state index contributed by atoms with van der Waals surface area (Å²) in [6.07, 6.45) is -2.65. The summed E-state index contributed by atoms with van der Waals surface area (Å²) in [6.45, 7) is 11.3. The highest BCUT2D eigenvalue weighted by atomic mass is 19.4. The molecule has 0 bridgehead atoms. The Kier molecular flexibility index (Phi) is 18.0. The van der Waals surface area contributed by atoms with Crippen molar-refractivity contribution in [1.82, 2.24) is 5.32 Å². The average molecular weight is 526 g/mol. The number of nitrogens with one attached hydrogen (secondary N) is 1. The summed E-state index contributed by atoms with van der Waals surface area (Å²) in [5.41, 5.74) is 7.26. The van der Waals surface area contributed by atoms with Gasteiger partial charge < -0.3 is 21.3 Å². The number of carboxylic acids is 1. The molecule has 0 unspecified atom stereocenters. The van der Waals surface area contributed by atoms with E-state index in [0.717, 1.165) is 31.1 Å². The second-order valence-electron chi connectivity index (χ2n) is 7.00. The molecular formula is C26H38F3N5O3. The molecule has 0 radical (unpaired) electrons. The van der Waals surface area contributed by atoms with Crippen LogP contribution in [0.4, 0.5) is 18.9 Å². The van der Waals surface area contributed by atoms with Gasteiger partial charge in [-0.2, -0.15) is 13.2 Å². The van der Waals surface area contributed by atoms with Crippen molar-refractivity contribution < 1.29 is 28.2 Å². The van der Waals surface area contributed by atoms with Gasteiger partial charge in [0.25, 0.3) is 0 Å². The van der Waals surface area contributed by atoms with Gasteiger partial charge in [0.1, 0.15) is 6.54 Å². The fraction of sp³-hybridized carbons (Fsp3) is 0.385. The average Bonchev–Trinajstić information content (AvgIpc) is 3.71. The Morgan fingerprint density at radius 3 is 1.86 bits per heavy atom. The number of guanidine groups is 1. The maximum atomic E-state index is 12.2. The number of alkyl halides is 3. The van der Waals surface area contributed by atoms with E-state index in [-0.39, 0.29) is 17.1 Å². The van der Waals surface area contributed by atoms with E-state index >= 15 is 0 Å². The number of aliphatic hydroxyl groups is 1. The van der Waals surface area contributed by atoms with Gasteiger partial charge in [-0.25, -0.2) is 14.8 Å². The quantitative estimate of drug-likeness (QED) is 0.318. The van der Waals surface area contributed by atoms with Crippen LogP contribution in [0, 0.1) is 6.92 Å². The number of hydrogen-bond donors (Lipinski definition) is 4. The van der Waals surface area contributed by atoms with Crippen molar-refractivity contribution in [3.63, 3.8) is 0 Å². The largest absolute Gasteiger partial charge is 0.478 e. The first-order valence-electron chi connectivity index (χ1n) is 11.3. The van der Waals surface area contributed by atoms with Crippen molar-refractivity contribution in [1.29, 1.82) is 0 Å². The number of benzene rings is 2. The van der Waals surface area contributed by atoms with Crippen molar-refractivity contribution in [2.24, 2.45) is 20.7 Å². The summed E-state index contributed by atoms with van der Waals surface area (Å²) in [5, 5.41) is 18.5. The molecule has 11 heteroatoms. The highest BCUT2D eigenvalue weighted by Gasteiger charge is 2.45. The Balaban J connectivity index is 0. The smallest absolute Gasteiger partial charge is 0.408 e. The van der Waals surface area contributed by atoms with E-state index in [1.807, 2.05) is 45.0 Å². The number of aliphatic imine (C=N–C) groups is 3. The molecule has 0 atom stereocenters. The molecule has 1 aliphatic carbocycles. The molecule has 0 saturated heterocycles. The summed E-state index contributed by atoms with van der Waals surface area (Å²) in [5.74, 6) is -0.985. The summed E-state index contributed by atoms with van der Waals surface area (Å²) in [6, 6.07) is 14.1. The third kappa shape index (κ3) is 13.9. The lowest BCUT2D eigenvalue weighted by Crippen LogP contribution is -2.34. The number of carboxylic acid groups (broad SMARTS) is 1. The van der Waals surface area contributed by atoms with Gasteiger partial charge in [-0.05, 0) is 70.1 Å². The van der Waals surface area contributed by atoms with Crippen LogP contribution in [0.15, 0.2) is 63.5 Å². The zero-order valence-corrected chi connectivity index (χ0v) is 22.0. The van der Waals surface area contributed by atoms with Gasteiger partial charge in [-0.3, -0.25) is 4.99 Å². The van der Waals surface area contributed by atoms with Crippen LogP contribution in [0.2, 0.25) is 0 Å². The standard InChI is InChI=1S/C14H16F3N3.C8H7NO2.C2H6.CH5N.CH4O/c1-10-3-5-11(6-4-10)13(7-8-13)20-12(18-2)19-9-14(15,16)17;1-9-7-4-2-6(3-5-7)8(10)11;3*1-2/h3-6H,2,7-9H2,1H3,(H,19,20);2-5H,1H2,(H,10,11);1-2H3;2H2,1H3;2H,1H3. The van der Waals surface area contributed by atoms with Crippen molar-refractivity contribution in [2.75, 3.05) is 20.7 Å². The molecule has 0 spiro atoms. The Morgan fingerprint density at radius 1 is 1.03 bits per heavy atom. The van der Waals surface area contributed by atoms with Crippen LogP contribution in [0.1, 0.15) is 48.2 Å². The minimum absolute atomic E-state index is 0.0552. The van der Waals surface area contributed by atoms with Crippen LogP contribution in [0.25, 0.3) is 0 Å². The number of carbonyl (C=O) groups is 1. The summed E-state index contributed by atoms with van der Waals surface area (Å²) in [7, 11) is 2.50. The first kappa shape index (κ1) is 35.6. The number of aliphatic hydroxyl groups excluding tert-OH is 1. The fourth-order valence-corrected chi connectivity index (χ4v) is 2.70. The van der Waals surface area contributed by atoms with Gasteiger partial charge in [0, 0.05) is 7.11 Å². The monoisotopic (exact) mass is 525 g/mol. The van der Waals surface area contributed by atoms with Gasteiger partial charge in [-0.1, -0.05) is 43.7 Å². The number of aromatic carboxylic acids is 1. The van der Waals surface area contributed by atoms with Crippen LogP contribution in [0.3, 0.4) is 0 Å². The summed E-state index contributed by atoms with van der Waals surface area (Å²) < 4.78 is 36.5. The highest BCUT2D eigenvalue weighted by Crippen LogP contribution is 2.45. The molecule has 0 aliphatic heterocycles. The predicted octanol–water partition coefficient (Wildman–Crippen LogP) is 5.12. The maximum absolute atomic E-state index is 12.2. The third-order valence-corrected chi connectivity index (χ3v) is 4.56. The van der Waals surface area contributed by atoms with Crippen LogP contribution in [-0.4, -0.2) is 62.5 Å². The van der Waals surface area contributed by atoms with Crippen LogP contribution >= 0.6 is 0 Å². The molecule has 37 heavy (non-hydrogen) atoms. The van der Waals surface area contributed by atoms with Gasteiger partial charge in [0.2, 0.25) is 5.96 Å². The van der Waals surface area contributed by atoms with Gasteiger partial charge in [-0.15, -0.1) is 0 Å². The van der Waals surface area contributed by atoms with Gasteiger partial charge in [0.05, 0.1) is 16.8 Å². The second-order valence-corrected chi connectivity index (χ2v) is 7.00. The zero-order valence-electron chi connectivity index (χ0n) is 22.0. The molecule has 1 fully saturated rings. The van der Waals surface area contributed by atoms with E-state index in [1.165, 1.54) is 19.2 Å². The zero-order chi connectivity index (χ0) is 29.1. The molecule has 0 amide bonds. The number of hydrogen-bond acceptors (Lipinski definition) is 5. The summed E-state index contributed by atoms with van der Waals surface area (Å²) >= 11 is 0. The van der Waals surface area contributed by atoms with Crippen molar-refractivity contribution in [3.8, 4) is 0 Å². The number of rotatable bonds is 5. The van der Waals surface area contributed by atoms with Crippen LogP contribution in [-0.2, 0) is 5.54 Å². The number of halogens is 3. The molecule has 2 aromatic rings. The minimum Gasteiger partial charge on any atom is -0.478 e. The lowest BCUT2D eigenvalue weighted by atomic mass is 10.0. The topological polar surface area (TPSA) is 133 Å². The third-order valence-electron chi connectivity index (χ3n) is 4.56. The Bertz CT molecular complexity index is 957. The number of nitrogens with two attached hydrogens (primary N) is 1. The van der Waals surface area contributed by atoms with Crippen molar-refractivity contribution in [3.05, 3.63) is 65.2 Å². The Morgan fingerprint density at radius 2 is 1.51 bits per heavy atom. The summed E-state index contributed by atoms with van der Waals surface area (Å²) in [4.78, 5) is 21.0. The van der Waals surface area contributed by atoms with E-state index in [4.69, 9.17) is 10.2 Å². The van der Waals surface area contributed by atoms with Crippen molar-refractivity contribution >= 4 is 31.1 Å². The molecule has 0 aromatic heterocycles. The maximum Gasteiger partial charge on any atom is 0.408 e. The lowest BCUT2D eigenvalue weighted by Gasteiger charge is -2.19. The molecule has 206 valence electrons. The number of nitrogens with zero attached hydrogens (tertiary/aromatic N) is 3.